The molecule has 0 aliphatic heterocycles. The normalized spacial score (nSPS) is 8.53. The van der Waals surface area contributed by atoms with E-state index < -0.39 is 4.92 Å². The molecule has 1 rings (SSSR count). The number of nitro groups is 1. The Kier molecular flexibility index (Phi) is 3.39. The largest absolute Gasteiger partial charge is 0.320 e. The Morgan fingerprint density at radius 2 is 2.27 bits per heavy atom. The fourth-order valence-electron chi connectivity index (χ4n) is 1.01. The van der Waals surface area contributed by atoms with E-state index >= 15 is 0 Å². The molecule has 0 unspecified atom stereocenters. The number of hydrogen-bond acceptors (Lipinski definition) is 4. The summed E-state index contributed by atoms with van der Waals surface area (Å²) in [5, 5.41) is 19.2. The van der Waals surface area contributed by atoms with Gasteiger partial charge in [-0.1, -0.05) is 11.8 Å². The monoisotopic (exact) mass is 201 g/mol. The summed E-state index contributed by atoms with van der Waals surface area (Å²) in [5.41, 5.74) is 5.44. The van der Waals surface area contributed by atoms with Crippen molar-refractivity contribution < 1.29 is 4.92 Å². The van der Waals surface area contributed by atoms with Crippen molar-refractivity contribution in [3.8, 4) is 17.9 Å². The summed E-state index contributed by atoms with van der Waals surface area (Å²) in [6.45, 7) is 0.188. The number of nitro benzene ring substituents is 1. The van der Waals surface area contributed by atoms with E-state index in [2.05, 4.69) is 11.8 Å². The van der Waals surface area contributed by atoms with Crippen molar-refractivity contribution in [3.63, 3.8) is 0 Å². The first-order valence-corrected chi connectivity index (χ1v) is 4.06. The second kappa shape index (κ2) is 4.75. The van der Waals surface area contributed by atoms with Crippen LogP contribution in [0, 0.1) is 33.3 Å². The molecule has 74 valence electrons. The summed E-state index contributed by atoms with van der Waals surface area (Å²) >= 11 is 0. The van der Waals surface area contributed by atoms with Crippen LogP contribution in [0.2, 0.25) is 0 Å². The second-order valence-corrected chi connectivity index (χ2v) is 2.61. The second-order valence-electron chi connectivity index (χ2n) is 2.61. The van der Waals surface area contributed by atoms with Gasteiger partial charge in [0.25, 0.3) is 5.69 Å². The van der Waals surface area contributed by atoms with E-state index in [4.69, 9.17) is 11.0 Å². The van der Waals surface area contributed by atoms with E-state index in [1.165, 1.54) is 12.1 Å². The van der Waals surface area contributed by atoms with Gasteiger partial charge in [0, 0.05) is 11.6 Å². The van der Waals surface area contributed by atoms with Crippen LogP contribution in [0.25, 0.3) is 0 Å². The fourth-order valence-corrected chi connectivity index (χ4v) is 1.01. The molecule has 0 heterocycles. The van der Waals surface area contributed by atoms with Crippen molar-refractivity contribution in [3.05, 3.63) is 39.4 Å². The molecule has 0 atom stereocenters. The van der Waals surface area contributed by atoms with E-state index in [1.807, 2.05) is 0 Å². The molecule has 0 fully saturated rings. The lowest BCUT2D eigenvalue weighted by atomic mass is 10.1. The number of nitrogens with zero attached hydrogens (tertiary/aromatic N) is 2. The average molecular weight is 201 g/mol. The molecule has 0 radical (unpaired) electrons. The third-order valence-corrected chi connectivity index (χ3v) is 1.65. The Hall–Kier alpha value is -2.37. The van der Waals surface area contributed by atoms with Crippen molar-refractivity contribution >= 4 is 5.69 Å². The van der Waals surface area contributed by atoms with Gasteiger partial charge in [-0.05, 0) is 12.1 Å². The summed E-state index contributed by atoms with van der Waals surface area (Å²) in [6.07, 6.45) is 0. The van der Waals surface area contributed by atoms with Crippen molar-refractivity contribution in [1.29, 1.82) is 5.26 Å². The van der Waals surface area contributed by atoms with Crippen LogP contribution in [0.5, 0.6) is 0 Å². The number of nitriles is 1. The SMILES string of the molecule is N#Cc1ccc(C#CCN)cc1[N+](=O)[O-]. The lowest BCUT2D eigenvalue weighted by Gasteiger charge is -1.94. The number of rotatable bonds is 1. The first-order valence-electron chi connectivity index (χ1n) is 4.06. The van der Waals surface area contributed by atoms with Gasteiger partial charge in [0.15, 0.2) is 0 Å². The Balaban J connectivity index is 3.23. The predicted octanol–water partition coefficient (Wildman–Crippen LogP) is 0.777. The van der Waals surface area contributed by atoms with E-state index in [1.54, 1.807) is 12.1 Å². The predicted molar refractivity (Wildman–Crippen MR) is 53.7 cm³/mol. The molecule has 0 aliphatic rings. The molecule has 2 N–H and O–H groups in total. The highest BCUT2D eigenvalue weighted by atomic mass is 16.6. The minimum atomic E-state index is -0.605. The molecular weight excluding hydrogens is 194 g/mol. The highest BCUT2D eigenvalue weighted by Gasteiger charge is 2.13. The molecule has 0 aromatic heterocycles. The van der Waals surface area contributed by atoms with Gasteiger partial charge in [0.1, 0.15) is 11.6 Å². The standard InChI is InChI=1S/C10H7N3O2/c11-5-1-2-8-3-4-9(7-12)10(6-8)13(14)15/h3-4,6H,5,11H2. The van der Waals surface area contributed by atoms with Gasteiger partial charge in [-0.2, -0.15) is 5.26 Å². The van der Waals surface area contributed by atoms with Crippen LogP contribution in [0.4, 0.5) is 5.69 Å². The lowest BCUT2D eigenvalue weighted by molar-refractivity contribution is -0.385. The molecule has 0 saturated heterocycles. The maximum absolute atomic E-state index is 10.6. The van der Waals surface area contributed by atoms with Gasteiger partial charge in [0.05, 0.1) is 11.5 Å². The van der Waals surface area contributed by atoms with Crippen LogP contribution in [-0.2, 0) is 0 Å². The molecule has 0 saturated carbocycles. The van der Waals surface area contributed by atoms with Gasteiger partial charge < -0.3 is 5.73 Å². The zero-order chi connectivity index (χ0) is 11.3. The molecule has 15 heavy (non-hydrogen) atoms. The number of hydrogen-bond donors (Lipinski definition) is 1. The zero-order valence-corrected chi connectivity index (χ0v) is 7.73. The van der Waals surface area contributed by atoms with E-state index in [0.717, 1.165) is 0 Å². The molecule has 0 amide bonds. The summed E-state index contributed by atoms with van der Waals surface area (Å²) < 4.78 is 0. The molecule has 5 nitrogen and oxygen atoms in total. The van der Waals surface area contributed by atoms with E-state index in [9.17, 15) is 10.1 Å². The number of nitrogens with two attached hydrogens (primary N) is 1. The molecular formula is C10H7N3O2. The summed E-state index contributed by atoms with van der Waals surface area (Å²) in [6, 6.07) is 5.93. The maximum Gasteiger partial charge on any atom is 0.288 e. The van der Waals surface area contributed by atoms with Crippen LogP contribution in [-0.4, -0.2) is 11.5 Å². The Morgan fingerprint density at radius 3 is 2.80 bits per heavy atom. The van der Waals surface area contributed by atoms with Crippen LogP contribution >= 0.6 is 0 Å². The van der Waals surface area contributed by atoms with Crippen molar-refractivity contribution in [2.24, 2.45) is 5.73 Å². The minimum absolute atomic E-state index is 0.0262. The molecule has 0 aliphatic carbocycles. The van der Waals surface area contributed by atoms with E-state index in [0.29, 0.717) is 5.56 Å². The lowest BCUT2D eigenvalue weighted by Crippen LogP contribution is -1.94. The molecule has 1 aromatic carbocycles. The van der Waals surface area contributed by atoms with Crippen LogP contribution in [0.15, 0.2) is 18.2 Å². The zero-order valence-electron chi connectivity index (χ0n) is 7.73. The third-order valence-electron chi connectivity index (χ3n) is 1.65. The van der Waals surface area contributed by atoms with Crippen LogP contribution in [0.3, 0.4) is 0 Å². The van der Waals surface area contributed by atoms with Gasteiger partial charge in [-0.25, -0.2) is 0 Å². The van der Waals surface area contributed by atoms with Crippen molar-refractivity contribution in [2.45, 2.75) is 0 Å². The first-order chi connectivity index (χ1) is 7.19. The molecule has 0 spiro atoms. The van der Waals surface area contributed by atoms with Gasteiger partial charge in [-0.15, -0.1) is 0 Å². The molecule has 5 heteroatoms. The smallest absolute Gasteiger partial charge is 0.288 e. The Bertz CT molecular complexity index is 492. The molecule has 0 bridgehead atoms. The summed E-state index contributed by atoms with van der Waals surface area (Å²) in [5.74, 6) is 5.24. The minimum Gasteiger partial charge on any atom is -0.320 e. The average Bonchev–Trinajstić information content (AvgIpc) is 2.25. The first kappa shape index (κ1) is 10.7. The fraction of sp³-hybridized carbons (Fsp3) is 0.100. The van der Waals surface area contributed by atoms with Crippen LogP contribution < -0.4 is 5.73 Å². The van der Waals surface area contributed by atoms with E-state index in [-0.39, 0.29) is 17.8 Å². The topological polar surface area (TPSA) is 93.0 Å². The Labute approximate surface area is 86.3 Å². The maximum atomic E-state index is 10.6. The highest BCUT2D eigenvalue weighted by molar-refractivity contribution is 5.53. The number of benzene rings is 1. The van der Waals surface area contributed by atoms with Crippen LogP contribution in [0.1, 0.15) is 11.1 Å². The quantitative estimate of drug-likeness (QED) is 0.412. The van der Waals surface area contributed by atoms with Gasteiger partial charge in [-0.3, -0.25) is 10.1 Å². The summed E-state index contributed by atoms with van der Waals surface area (Å²) in [4.78, 5) is 9.98. The highest BCUT2D eigenvalue weighted by Crippen LogP contribution is 2.18. The Morgan fingerprint density at radius 1 is 1.53 bits per heavy atom. The third kappa shape index (κ3) is 2.53. The van der Waals surface area contributed by atoms with Crippen molar-refractivity contribution in [1.82, 2.24) is 0 Å². The van der Waals surface area contributed by atoms with Gasteiger partial charge >= 0.3 is 0 Å². The summed E-state index contributed by atoms with van der Waals surface area (Å²) in [7, 11) is 0. The van der Waals surface area contributed by atoms with Crippen molar-refractivity contribution in [2.75, 3.05) is 6.54 Å². The van der Waals surface area contributed by atoms with Gasteiger partial charge in [0.2, 0.25) is 0 Å². The molecule has 1 aromatic rings.